The van der Waals surface area contributed by atoms with Crippen molar-refractivity contribution in [2.75, 3.05) is 18.9 Å². The third-order valence-electron chi connectivity index (χ3n) is 4.05. The predicted octanol–water partition coefficient (Wildman–Crippen LogP) is 2.72. The molecule has 3 rings (SSSR count). The lowest BCUT2D eigenvalue weighted by Crippen LogP contribution is -2.07. The summed E-state index contributed by atoms with van der Waals surface area (Å²) in [5.41, 5.74) is 9.86. The van der Waals surface area contributed by atoms with E-state index in [2.05, 4.69) is 11.1 Å². The number of aromatic hydroxyl groups is 1. The smallest absolute Gasteiger partial charge is 0.142 e. The van der Waals surface area contributed by atoms with Crippen LogP contribution in [0.3, 0.4) is 0 Å². The molecule has 0 radical (unpaired) electrons. The van der Waals surface area contributed by atoms with Gasteiger partial charge in [0.2, 0.25) is 0 Å². The van der Waals surface area contributed by atoms with Gasteiger partial charge in [-0.1, -0.05) is 0 Å². The van der Waals surface area contributed by atoms with Crippen LogP contribution < -0.4 is 5.73 Å². The van der Waals surface area contributed by atoms with Crippen molar-refractivity contribution in [3.63, 3.8) is 0 Å². The van der Waals surface area contributed by atoms with Gasteiger partial charge in [0, 0.05) is 18.1 Å². The summed E-state index contributed by atoms with van der Waals surface area (Å²) in [5.74, 6) is 0.637. The van der Waals surface area contributed by atoms with Crippen LogP contribution in [0.2, 0.25) is 0 Å². The zero-order valence-electron chi connectivity index (χ0n) is 12.3. The average molecular weight is 295 g/mol. The minimum atomic E-state index is 0.177. The highest BCUT2D eigenvalue weighted by Gasteiger charge is 2.24. The summed E-state index contributed by atoms with van der Waals surface area (Å²) in [6, 6.07) is 9.20. The average Bonchev–Trinajstić information content (AvgIpc) is 3.00. The topological polar surface area (TPSA) is 92.2 Å². The molecule has 0 bridgehead atoms. The molecule has 112 valence electrons. The summed E-state index contributed by atoms with van der Waals surface area (Å²) in [4.78, 5) is 4.37. The van der Waals surface area contributed by atoms with Gasteiger partial charge >= 0.3 is 0 Å². The van der Waals surface area contributed by atoms with Crippen LogP contribution in [0.4, 0.5) is 5.82 Å². The molecule has 0 spiro atoms. The van der Waals surface area contributed by atoms with Crippen LogP contribution in [0.25, 0.3) is 11.3 Å². The van der Waals surface area contributed by atoms with E-state index in [1.54, 1.807) is 12.1 Å². The number of aromatic nitrogens is 1. The number of anilines is 1. The Morgan fingerprint density at radius 1 is 1.41 bits per heavy atom. The number of phenols is 1. The van der Waals surface area contributed by atoms with Gasteiger partial charge in [-0.2, -0.15) is 5.26 Å². The van der Waals surface area contributed by atoms with Gasteiger partial charge in [0.15, 0.2) is 0 Å². The molecule has 1 saturated heterocycles. The van der Waals surface area contributed by atoms with Gasteiger partial charge < -0.3 is 15.6 Å². The molecule has 3 N–H and O–H groups in total. The fourth-order valence-electron chi connectivity index (χ4n) is 2.88. The Bertz CT molecular complexity index is 759. The van der Waals surface area contributed by atoms with Gasteiger partial charge in [-0.3, -0.25) is 0 Å². The first-order chi connectivity index (χ1) is 10.6. The Hall–Kier alpha value is -2.58. The summed E-state index contributed by atoms with van der Waals surface area (Å²) in [6.45, 7) is 3.21. The number of benzene rings is 1. The maximum absolute atomic E-state index is 9.54. The number of rotatable bonds is 2. The van der Waals surface area contributed by atoms with E-state index in [4.69, 9.17) is 10.5 Å². The second-order valence-corrected chi connectivity index (χ2v) is 5.53. The molecular weight excluding hydrogens is 278 g/mol. The molecule has 5 heteroatoms. The summed E-state index contributed by atoms with van der Waals surface area (Å²) in [6.07, 6.45) is 0.881. The van der Waals surface area contributed by atoms with Crippen molar-refractivity contribution in [1.29, 1.82) is 5.26 Å². The number of aryl methyl sites for hydroxylation is 1. The summed E-state index contributed by atoms with van der Waals surface area (Å²) in [5, 5.41) is 18.9. The molecule has 0 unspecified atom stereocenters. The second kappa shape index (κ2) is 5.66. The van der Waals surface area contributed by atoms with Crippen molar-refractivity contribution in [2.45, 2.75) is 19.3 Å². The summed E-state index contributed by atoms with van der Waals surface area (Å²) in [7, 11) is 0. The number of nitrogen functional groups attached to an aromatic ring is 1. The maximum atomic E-state index is 9.54. The molecule has 1 atom stereocenters. The lowest BCUT2D eigenvalue weighted by Gasteiger charge is -2.15. The van der Waals surface area contributed by atoms with Crippen LogP contribution >= 0.6 is 0 Å². The third kappa shape index (κ3) is 2.49. The zero-order chi connectivity index (χ0) is 15.7. The highest BCUT2D eigenvalue weighted by molar-refractivity contribution is 5.70. The maximum Gasteiger partial charge on any atom is 0.142 e. The minimum Gasteiger partial charge on any atom is -0.508 e. The van der Waals surface area contributed by atoms with Crippen molar-refractivity contribution in [2.24, 2.45) is 0 Å². The van der Waals surface area contributed by atoms with Crippen molar-refractivity contribution < 1.29 is 9.84 Å². The molecule has 1 aromatic carbocycles. The molecule has 5 nitrogen and oxygen atoms in total. The Morgan fingerprint density at radius 3 is 2.86 bits per heavy atom. The number of pyridine rings is 1. The zero-order valence-corrected chi connectivity index (χ0v) is 12.3. The van der Waals surface area contributed by atoms with E-state index >= 15 is 0 Å². The number of nitrogens with two attached hydrogens (primary N) is 1. The highest BCUT2D eigenvalue weighted by atomic mass is 16.5. The van der Waals surface area contributed by atoms with Crippen LogP contribution in [0.1, 0.15) is 29.0 Å². The van der Waals surface area contributed by atoms with E-state index in [1.165, 1.54) is 0 Å². The Balaban J connectivity index is 2.15. The number of hydrogen-bond donors (Lipinski definition) is 2. The fraction of sp³-hybridized carbons (Fsp3) is 0.294. The monoisotopic (exact) mass is 295 g/mol. The summed E-state index contributed by atoms with van der Waals surface area (Å²) >= 11 is 0. The lowest BCUT2D eigenvalue weighted by molar-refractivity contribution is 0.194. The normalized spacial score (nSPS) is 17.4. The largest absolute Gasteiger partial charge is 0.508 e. The SMILES string of the molecule is Cc1cc(O)ccc1-c1cc([C@@H]2CCOC2)c(C#N)c(N)n1. The van der Waals surface area contributed by atoms with E-state index in [0.29, 0.717) is 18.8 Å². The molecule has 1 aliphatic rings. The first kappa shape index (κ1) is 14.4. The van der Waals surface area contributed by atoms with Crippen LogP contribution in [0.5, 0.6) is 5.75 Å². The Morgan fingerprint density at radius 2 is 2.23 bits per heavy atom. The van der Waals surface area contributed by atoms with E-state index < -0.39 is 0 Å². The van der Waals surface area contributed by atoms with Crippen molar-refractivity contribution in [1.82, 2.24) is 4.98 Å². The first-order valence-corrected chi connectivity index (χ1v) is 7.18. The van der Waals surface area contributed by atoms with Crippen molar-refractivity contribution in [3.05, 3.63) is 41.0 Å². The van der Waals surface area contributed by atoms with Gasteiger partial charge in [-0.15, -0.1) is 0 Å². The van der Waals surface area contributed by atoms with Gasteiger partial charge in [-0.25, -0.2) is 4.98 Å². The van der Waals surface area contributed by atoms with E-state index in [1.807, 2.05) is 19.1 Å². The molecule has 0 saturated carbocycles. The van der Waals surface area contributed by atoms with Crippen molar-refractivity contribution >= 4 is 5.82 Å². The van der Waals surface area contributed by atoms with Crippen molar-refractivity contribution in [3.8, 4) is 23.1 Å². The van der Waals surface area contributed by atoms with Gasteiger partial charge in [0.25, 0.3) is 0 Å². The lowest BCUT2D eigenvalue weighted by atomic mass is 9.92. The van der Waals surface area contributed by atoms with E-state index in [9.17, 15) is 10.4 Å². The molecule has 0 amide bonds. The van der Waals surface area contributed by atoms with E-state index in [-0.39, 0.29) is 17.5 Å². The Labute approximate surface area is 129 Å². The summed E-state index contributed by atoms with van der Waals surface area (Å²) < 4.78 is 5.43. The number of phenolic OH excluding ortho intramolecular Hbond substituents is 1. The van der Waals surface area contributed by atoms with Crippen LogP contribution in [0.15, 0.2) is 24.3 Å². The third-order valence-corrected chi connectivity index (χ3v) is 4.05. The Kier molecular flexibility index (Phi) is 3.70. The quantitative estimate of drug-likeness (QED) is 0.888. The molecule has 1 aliphatic heterocycles. The molecule has 0 aliphatic carbocycles. The molecule has 1 aromatic heterocycles. The van der Waals surface area contributed by atoms with Gasteiger partial charge in [0.05, 0.1) is 17.9 Å². The number of nitriles is 1. The van der Waals surface area contributed by atoms with Crippen LogP contribution in [0, 0.1) is 18.3 Å². The standard InChI is InChI=1S/C17H17N3O2/c1-10-6-12(21)2-3-13(10)16-7-14(11-4-5-22-9-11)15(8-18)17(19)20-16/h2-3,6-7,11,21H,4-5,9H2,1H3,(H2,19,20)/t11-/m1/s1. The molecule has 22 heavy (non-hydrogen) atoms. The minimum absolute atomic E-state index is 0.177. The second-order valence-electron chi connectivity index (χ2n) is 5.53. The first-order valence-electron chi connectivity index (χ1n) is 7.18. The highest BCUT2D eigenvalue weighted by Crippen LogP contribution is 2.34. The fourth-order valence-corrected chi connectivity index (χ4v) is 2.88. The van der Waals surface area contributed by atoms with Gasteiger partial charge in [-0.05, 0) is 48.7 Å². The van der Waals surface area contributed by atoms with Crippen LogP contribution in [-0.4, -0.2) is 23.3 Å². The van der Waals surface area contributed by atoms with Gasteiger partial charge in [0.1, 0.15) is 17.6 Å². The molecule has 1 fully saturated rings. The number of ether oxygens (including phenoxy) is 1. The predicted molar refractivity (Wildman–Crippen MR) is 83.4 cm³/mol. The van der Waals surface area contributed by atoms with E-state index in [0.717, 1.165) is 28.8 Å². The number of nitrogens with zero attached hydrogens (tertiary/aromatic N) is 2. The van der Waals surface area contributed by atoms with Crippen LogP contribution in [-0.2, 0) is 4.74 Å². The number of hydrogen-bond acceptors (Lipinski definition) is 5. The molecule has 2 aromatic rings. The molecule has 2 heterocycles. The molecular formula is C17H17N3O2.